The molecule has 1 heterocycles. The lowest BCUT2D eigenvalue weighted by atomic mass is 10.2. The van der Waals surface area contributed by atoms with E-state index in [0.717, 1.165) is 0 Å². The summed E-state index contributed by atoms with van der Waals surface area (Å²) in [7, 11) is -0.633. The quantitative estimate of drug-likeness (QED) is 0.662. The summed E-state index contributed by atoms with van der Waals surface area (Å²) in [5.74, 6) is 0.700. The van der Waals surface area contributed by atoms with Crippen LogP contribution in [0.3, 0.4) is 0 Å². The van der Waals surface area contributed by atoms with Gasteiger partial charge in [0, 0.05) is 19.2 Å². The van der Waals surface area contributed by atoms with Crippen LogP contribution in [0.4, 0.5) is 5.69 Å². The van der Waals surface area contributed by atoms with Gasteiger partial charge in [0.25, 0.3) is 0 Å². The van der Waals surface area contributed by atoms with E-state index in [1.165, 1.54) is 16.1 Å². The van der Waals surface area contributed by atoms with E-state index in [0.29, 0.717) is 41.7 Å². The number of aryl methyl sites for hydroxylation is 1. The lowest BCUT2D eigenvalue weighted by Crippen LogP contribution is -2.31. The van der Waals surface area contributed by atoms with E-state index in [-0.39, 0.29) is 17.3 Å². The third-order valence-electron chi connectivity index (χ3n) is 4.59. The Morgan fingerprint density at radius 2 is 1.83 bits per heavy atom. The number of ether oxygens (including phenoxy) is 2. The summed E-state index contributed by atoms with van der Waals surface area (Å²) in [6.07, 6.45) is 0. The first-order valence-electron chi connectivity index (χ1n) is 9.25. The average molecular weight is 425 g/mol. The molecule has 10 heteroatoms. The first-order chi connectivity index (χ1) is 13.7. The number of nitrogens with one attached hydrogen (secondary N) is 1. The van der Waals surface area contributed by atoms with Crippen LogP contribution in [-0.4, -0.2) is 55.7 Å². The zero-order valence-corrected chi connectivity index (χ0v) is 18.5. The highest BCUT2D eigenvalue weighted by Gasteiger charge is 2.29. The van der Waals surface area contributed by atoms with Gasteiger partial charge in [-0.2, -0.15) is 9.40 Å². The maximum Gasteiger partial charge on any atom is 0.246 e. The van der Waals surface area contributed by atoms with Crippen LogP contribution in [0.25, 0.3) is 0 Å². The standard InChI is InChI=1S/C19H28N4O5S/c1-7-22(8-2)29(25,26)19-13(3)21-23(14(19)4)12-18(24)20-16-10-9-15(27-5)11-17(16)28-6/h9-11H,7-8,12H2,1-6H3,(H,20,24). The third kappa shape index (κ3) is 4.70. The number of amides is 1. The number of benzene rings is 1. The van der Waals surface area contributed by atoms with Crippen LogP contribution in [-0.2, 0) is 21.4 Å². The molecule has 1 amide bonds. The van der Waals surface area contributed by atoms with Gasteiger partial charge in [0.15, 0.2) is 0 Å². The molecule has 0 spiro atoms. The van der Waals surface area contributed by atoms with Crippen LogP contribution < -0.4 is 14.8 Å². The maximum absolute atomic E-state index is 12.9. The fraction of sp³-hybridized carbons (Fsp3) is 0.474. The predicted molar refractivity (Wildman–Crippen MR) is 110 cm³/mol. The molecule has 1 N–H and O–H groups in total. The molecule has 2 aromatic rings. The van der Waals surface area contributed by atoms with E-state index < -0.39 is 10.0 Å². The number of aromatic nitrogens is 2. The second-order valence-corrected chi connectivity index (χ2v) is 8.24. The summed E-state index contributed by atoms with van der Waals surface area (Å²) in [5, 5.41) is 7.04. The molecule has 0 radical (unpaired) electrons. The molecule has 0 aliphatic rings. The number of hydrogen-bond donors (Lipinski definition) is 1. The van der Waals surface area contributed by atoms with E-state index in [9.17, 15) is 13.2 Å². The number of carbonyl (C=O) groups excluding carboxylic acids is 1. The minimum atomic E-state index is -3.67. The van der Waals surface area contributed by atoms with Gasteiger partial charge in [0.1, 0.15) is 22.9 Å². The fourth-order valence-electron chi connectivity index (χ4n) is 3.13. The molecule has 0 saturated carbocycles. The van der Waals surface area contributed by atoms with Gasteiger partial charge in [-0.15, -0.1) is 0 Å². The Balaban J connectivity index is 2.27. The molecule has 0 atom stereocenters. The fourth-order valence-corrected chi connectivity index (χ4v) is 4.96. The Morgan fingerprint density at radius 1 is 1.17 bits per heavy atom. The molecular formula is C19H28N4O5S. The van der Waals surface area contributed by atoms with Gasteiger partial charge in [0.2, 0.25) is 15.9 Å². The second-order valence-electron chi connectivity index (χ2n) is 6.36. The number of hydrogen-bond acceptors (Lipinski definition) is 6. The van der Waals surface area contributed by atoms with E-state index in [1.807, 2.05) is 0 Å². The molecule has 0 aliphatic heterocycles. The number of carbonyl (C=O) groups is 1. The second kappa shape index (κ2) is 9.27. The van der Waals surface area contributed by atoms with Gasteiger partial charge in [-0.3, -0.25) is 9.48 Å². The molecule has 1 aromatic carbocycles. The smallest absolute Gasteiger partial charge is 0.246 e. The zero-order valence-electron chi connectivity index (χ0n) is 17.6. The van der Waals surface area contributed by atoms with E-state index in [2.05, 4.69) is 10.4 Å². The van der Waals surface area contributed by atoms with Gasteiger partial charge in [0.05, 0.1) is 31.3 Å². The first-order valence-corrected chi connectivity index (χ1v) is 10.7. The summed E-state index contributed by atoms with van der Waals surface area (Å²) in [4.78, 5) is 12.7. The lowest BCUT2D eigenvalue weighted by Gasteiger charge is -2.18. The van der Waals surface area contributed by atoms with Gasteiger partial charge < -0.3 is 14.8 Å². The van der Waals surface area contributed by atoms with Crippen molar-refractivity contribution < 1.29 is 22.7 Å². The lowest BCUT2D eigenvalue weighted by molar-refractivity contribution is -0.117. The van der Waals surface area contributed by atoms with Crippen molar-refractivity contribution in [2.24, 2.45) is 0 Å². The van der Waals surface area contributed by atoms with Gasteiger partial charge >= 0.3 is 0 Å². The summed E-state index contributed by atoms with van der Waals surface area (Å²) >= 11 is 0. The van der Waals surface area contributed by atoms with Crippen LogP contribution in [0.15, 0.2) is 23.1 Å². The molecule has 0 unspecified atom stereocenters. The van der Waals surface area contributed by atoms with Crippen molar-refractivity contribution in [1.82, 2.24) is 14.1 Å². The topological polar surface area (TPSA) is 103 Å². The van der Waals surface area contributed by atoms with Crippen molar-refractivity contribution in [1.29, 1.82) is 0 Å². The highest BCUT2D eigenvalue weighted by Crippen LogP contribution is 2.29. The molecule has 160 valence electrons. The largest absolute Gasteiger partial charge is 0.497 e. The van der Waals surface area contributed by atoms with Crippen LogP contribution in [0.2, 0.25) is 0 Å². The molecule has 0 bridgehead atoms. The number of nitrogens with zero attached hydrogens (tertiary/aromatic N) is 3. The summed E-state index contributed by atoms with van der Waals surface area (Å²) in [5.41, 5.74) is 1.27. The number of anilines is 1. The SMILES string of the molecule is CCN(CC)S(=O)(=O)c1c(C)nn(CC(=O)Nc2ccc(OC)cc2OC)c1C. The Hall–Kier alpha value is -2.59. The molecular weight excluding hydrogens is 396 g/mol. The van der Waals surface area contributed by atoms with Crippen molar-refractivity contribution >= 4 is 21.6 Å². The summed E-state index contributed by atoms with van der Waals surface area (Å²) in [6, 6.07) is 5.04. The Kier molecular flexibility index (Phi) is 7.26. The summed E-state index contributed by atoms with van der Waals surface area (Å²) < 4.78 is 39.0. The van der Waals surface area contributed by atoms with Gasteiger partial charge in [-0.05, 0) is 26.0 Å². The van der Waals surface area contributed by atoms with Gasteiger partial charge in [-0.25, -0.2) is 8.42 Å². The van der Waals surface area contributed by atoms with Crippen LogP contribution >= 0.6 is 0 Å². The molecule has 0 saturated heterocycles. The monoisotopic (exact) mass is 424 g/mol. The van der Waals surface area contributed by atoms with Crippen molar-refractivity contribution in [3.63, 3.8) is 0 Å². The molecule has 2 rings (SSSR count). The molecule has 0 aliphatic carbocycles. The Bertz CT molecular complexity index is 981. The van der Waals surface area contributed by atoms with Crippen LogP contribution in [0.1, 0.15) is 25.2 Å². The van der Waals surface area contributed by atoms with Crippen molar-refractivity contribution in [3.8, 4) is 11.5 Å². The highest BCUT2D eigenvalue weighted by atomic mass is 32.2. The first kappa shape index (κ1) is 22.7. The Labute approximate surface area is 171 Å². The van der Waals surface area contributed by atoms with Crippen molar-refractivity contribution in [2.75, 3.05) is 32.6 Å². The molecule has 29 heavy (non-hydrogen) atoms. The molecule has 0 fully saturated rings. The maximum atomic E-state index is 12.9. The minimum Gasteiger partial charge on any atom is -0.497 e. The zero-order chi connectivity index (χ0) is 21.8. The minimum absolute atomic E-state index is 0.129. The third-order valence-corrected chi connectivity index (χ3v) is 6.90. The predicted octanol–water partition coefficient (Wildman–Crippen LogP) is 2.19. The molecule has 9 nitrogen and oxygen atoms in total. The van der Waals surface area contributed by atoms with Crippen LogP contribution in [0, 0.1) is 13.8 Å². The highest BCUT2D eigenvalue weighted by molar-refractivity contribution is 7.89. The van der Waals surface area contributed by atoms with Crippen molar-refractivity contribution in [2.45, 2.75) is 39.1 Å². The van der Waals surface area contributed by atoms with E-state index in [1.54, 1.807) is 53.0 Å². The van der Waals surface area contributed by atoms with E-state index in [4.69, 9.17) is 9.47 Å². The van der Waals surface area contributed by atoms with Crippen LogP contribution in [0.5, 0.6) is 11.5 Å². The Morgan fingerprint density at radius 3 is 2.38 bits per heavy atom. The average Bonchev–Trinajstić information content (AvgIpc) is 2.96. The van der Waals surface area contributed by atoms with Crippen molar-refractivity contribution in [3.05, 3.63) is 29.6 Å². The normalized spacial score (nSPS) is 11.6. The molecule has 1 aromatic heterocycles. The number of methoxy groups -OCH3 is 2. The number of rotatable bonds is 9. The number of sulfonamides is 1. The summed E-state index contributed by atoms with van der Waals surface area (Å²) in [6.45, 7) is 7.44. The van der Waals surface area contributed by atoms with Gasteiger partial charge in [-0.1, -0.05) is 13.8 Å². The van der Waals surface area contributed by atoms with E-state index >= 15 is 0 Å².